The van der Waals surface area contributed by atoms with Crippen molar-refractivity contribution in [2.45, 2.75) is 180 Å². The van der Waals surface area contributed by atoms with Crippen molar-refractivity contribution < 1.29 is 72.9 Å². The molecule has 0 aliphatic carbocycles. The van der Waals surface area contributed by atoms with E-state index in [-0.39, 0.29) is 44.7 Å². The number of aliphatic carboxylic acids is 2. The van der Waals surface area contributed by atoms with Crippen molar-refractivity contribution in [2.75, 3.05) is 13.1 Å². The summed E-state index contributed by atoms with van der Waals surface area (Å²) in [5.74, 6) is -14.6. The Balaban J connectivity index is 6.79. The van der Waals surface area contributed by atoms with Crippen molar-refractivity contribution in [3.63, 3.8) is 0 Å². The monoisotopic (exact) mass is 1040 g/mol. The van der Waals surface area contributed by atoms with E-state index in [0.717, 1.165) is 6.92 Å². The molecule has 0 radical (unpaired) electrons. The molecule has 416 valence electrons. The van der Waals surface area contributed by atoms with Crippen LogP contribution in [0.3, 0.4) is 0 Å². The zero-order valence-electron chi connectivity index (χ0n) is 42.8. The molecule has 0 saturated heterocycles. The second-order valence-electron chi connectivity index (χ2n) is 18.6. The van der Waals surface area contributed by atoms with E-state index in [2.05, 4.69) is 42.5 Å². The Morgan fingerprint density at radius 1 is 0.452 bits per heavy atom. The first-order valence-corrected chi connectivity index (χ1v) is 24.3. The standard InChI is InChI=1S/C45H81N13O15/c1-8-23(6)35(57-42(69)33(50)21(2)3)44(71)56-34(22(4)5)43(70)55-29(20-31(49)61)41(68)54-28(19-30(48)60)40(67)52-25(13-9-11-17-46)37(64)53-27(15-16-32(62)63)38(65)51-26(14-10-12-18-47)39(66)58-36(24(7)59)45(72)73/h21-29,33-36,59H,8-20,46-47,50H2,1-7H3,(H2,48,60)(H2,49,61)(H,51,65)(H,52,67)(H,53,64)(H,54,68)(H,55,70)(H,56,71)(H,57,69)(H,58,66)(H,62,63)(H,72,73)/t23-,24+,25-,26-,27-,28-,29-,33-,34-,35-,36-/m0/s1. The summed E-state index contributed by atoms with van der Waals surface area (Å²) in [6.45, 7) is 11.5. The zero-order valence-corrected chi connectivity index (χ0v) is 42.8. The van der Waals surface area contributed by atoms with E-state index in [0.29, 0.717) is 19.3 Å². The Kier molecular flexibility index (Phi) is 31.0. The fraction of sp³-hybridized carbons (Fsp3) is 0.733. The molecule has 73 heavy (non-hydrogen) atoms. The number of amides is 10. The highest BCUT2D eigenvalue weighted by Gasteiger charge is 2.37. The number of rotatable bonds is 37. The van der Waals surface area contributed by atoms with E-state index in [9.17, 15) is 72.9 Å². The summed E-state index contributed by atoms with van der Waals surface area (Å²) in [5.41, 5.74) is 28.1. The molecule has 0 aromatic carbocycles. The summed E-state index contributed by atoms with van der Waals surface area (Å²) in [6.07, 6.45) is -3.35. The van der Waals surface area contributed by atoms with E-state index in [1.807, 2.05) is 0 Å². The number of nitrogens with one attached hydrogen (secondary N) is 8. The van der Waals surface area contributed by atoms with Crippen molar-refractivity contribution in [2.24, 2.45) is 46.4 Å². The predicted octanol–water partition coefficient (Wildman–Crippen LogP) is -5.11. The van der Waals surface area contributed by atoms with E-state index in [1.54, 1.807) is 41.5 Å². The smallest absolute Gasteiger partial charge is 0.328 e. The average Bonchev–Trinajstić information content (AvgIpc) is 3.29. The SMILES string of the molecule is CC[C@H](C)[C@H](NC(=O)[C@@H](N)C(C)C)C(=O)N[C@H](C(=O)N[C@@H](CC(N)=O)C(=O)N[C@@H](CC(N)=O)C(=O)N[C@@H](CCCCN)C(=O)N[C@@H](CCC(=O)O)C(=O)N[C@@H](CCCCN)C(=O)N[C@H](C(=O)O)[C@@H](C)O)C(C)C. The maximum absolute atomic E-state index is 14.0. The maximum Gasteiger partial charge on any atom is 0.328 e. The Morgan fingerprint density at radius 3 is 1.16 bits per heavy atom. The van der Waals surface area contributed by atoms with Gasteiger partial charge in [0, 0.05) is 6.42 Å². The number of hydrogen-bond donors (Lipinski definition) is 16. The van der Waals surface area contributed by atoms with E-state index < -0.39 is 169 Å². The predicted molar refractivity (Wildman–Crippen MR) is 262 cm³/mol. The Morgan fingerprint density at radius 2 is 0.808 bits per heavy atom. The minimum atomic E-state index is -1.89. The minimum Gasteiger partial charge on any atom is -0.481 e. The van der Waals surface area contributed by atoms with Crippen LogP contribution in [0.15, 0.2) is 0 Å². The van der Waals surface area contributed by atoms with Gasteiger partial charge in [0.2, 0.25) is 59.1 Å². The molecule has 28 nitrogen and oxygen atoms in total. The molecule has 28 heteroatoms. The molecule has 0 heterocycles. The first kappa shape index (κ1) is 66.5. The number of aliphatic hydroxyl groups excluding tert-OH is 1. The van der Waals surface area contributed by atoms with Crippen LogP contribution in [0.25, 0.3) is 0 Å². The molecule has 0 aromatic heterocycles. The molecule has 0 aliphatic rings. The van der Waals surface area contributed by atoms with Gasteiger partial charge in [-0.3, -0.25) is 52.7 Å². The molecule has 0 bridgehead atoms. The lowest BCUT2D eigenvalue weighted by Gasteiger charge is -2.30. The fourth-order valence-electron chi connectivity index (χ4n) is 6.91. The molecular weight excluding hydrogens is 963 g/mol. The van der Waals surface area contributed by atoms with Crippen LogP contribution >= 0.6 is 0 Å². The van der Waals surface area contributed by atoms with Gasteiger partial charge in [0.05, 0.1) is 25.0 Å². The van der Waals surface area contributed by atoms with Crippen molar-refractivity contribution >= 4 is 71.0 Å². The third kappa shape index (κ3) is 25.1. The fourth-order valence-corrected chi connectivity index (χ4v) is 6.91. The molecule has 21 N–H and O–H groups in total. The van der Waals surface area contributed by atoms with Crippen molar-refractivity contribution in [1.29, 1.82) is 0 Å². The highest BCUT2D eigenvalue weighted by atomic mass is 16.4. The molecule has 0 unspecified atom stereocenters. The van der Waals surface area contributed by atoms with Gasteiger partial charge in [-0.2, -0.15) is 0 Å². The number of carboxylic acid groups (broad SMARTS) is 2. The first-order valence-electron chi connectivity index (χ1n) is 24.3. The second-order valence-corrected chi connectivity index (χ2v) is 18.6. The summed E-state index contributed by atoms with van der Waals surface area (Å²) in [5, 5.41) is 47.9. The maximum atomic E-state index is 14.0. The number of hydrogen-bond acceptors (Lipinski definition) is 16. The summed E-state index contributed by atoms with van der Waals surface area (Å²) < 4.78 is 0. The van der Waals surface area contributed by atoms with Gasteiger partial charge >= 0.3 is 11.9 Å². The van der Waals surface area contributed by atoms with Gasteiger partial charge in [-0.05, 0) is 82.7 Å². The van der Waals surface area contributed by atoms with Gasteiger partial charge in [-0.15, -0.1) is 0 Å². The van der Waals surface area contributed by atoms with Gasteiger partial charge in [-0.1, -0.05) is 48.0 Å². The first-order chi connectivity index (χ1) is 34.0. The van der Waals surface area contributed by atoms with Crippen LogP contribution in [0.1, 0.15) is 119 Å². The van der Waals surface area contributed by atoms with Crippen molar-refractivity contribution in [3.05, 3.63) is 0 Å². The third-order valence-electron chi connectivity index (χ3n) is 11.6. The van der Waals surface area contributed by atoms with Gasteiger partial charge in [-0.25, -0.2) is 4.79 Å². The number of aliphatic hydroxyl groups is 1. The summed E-state index contributed by atoms with van der Waals surface area (Å²) in [6, 6.07) is -13.7. The van der Waals surface area contributed by atoms with E-state index in [1.165, 1.54) is 0 Å². The highest BCUT2D eigenvalue weighted by molar-refractivity contribution is 6.00. The quantitative estimate of drug-likeness (QED) is 0.0259. The molecule has 0 aliphatic heterocycles. The Hall–Kier alpha value is -6.52. The van der Waals surface area contributed by atoms with Crippen LogP contribution in [0.4, 0.5) is 0 Å². The lowest BCUT2D eigenvalue weighted by molar-refractivity contribution is -0.145. The summed E-state index contributed by atoms with van der Waals surface area (Å²) in [4.78, 5) is 157. The number of carbonyl (C=O) groups excluding carboxylic acids is 10. The topological polar surface area (TPSA) is 492 Å². The van der Waals surface area contributed by atoms with Crippen LogP contribution in [0.5, 0.6) is 0 Å². The van der Waals surface area contributed by atoms with Crippen LogP contribution < -0.4 is 71.2 Å². The highest BCUT2D eigenvalue weighted by Crippen LogP contribution is 2.13. The lowest BCUT2D eigenvalue weighted by atomic mass is 9.95. The normalized spacial score (nSPS) is 15.7. The third-order valence-corrected chi connectivity index (χ3v) is 11.6. The zero-order chi connectivity index (χ0) is 56.3. The summed E-state index contributed by atoms with van der Waals surface area (Å²) >= 11 is 0. The van der Waals surface area contributed by atoms with Crippen molar-refractivity contribution in [1.82, 2.24) is 42.5 Å². The average molecular weight is 1040 g/mol. The molecule has 0 rings (SSSR count). The van der Waals surface area contributed by atoms with Crippen LogP contribution in [-0.4, -0.2) is 160 Å². The Labute approximate surface area is 424 Å². The number of unbranched alkanes of at least 4 members (excludes halogenated alkanes) is 2. The van der Waals surface area contributed by atoms with Crippen molar-refractivity contribution in [3.8, 4) is 0 Å². The van der Waals surface area contributed by atoms with Gasteiger partial charge < -0.3 is 86.5 Å². The Bertz CT molecular complexity index is 1900. The number of primary amides is 2. The van der Waals surface area contributed by atoms with E-state index in [4.69, 9.17) is 28.7 Å². The van der Waals surface area contributed by atoms with Gasteiger partial charge in [0.1, 0.15) is 42.3 Å². The van der Waals surface area contributed by atoms with Crippen LogP contribution in [0.2, 0.25) is 0 Å². The molecule has 0 aromatic rings. The molecule has 11 atom stereocenters. The van der Waals surface area contributed by atoms with Crippen LogP contribution in [-0.2, 0) is 57.5 Å². The second kappa shape index (κ2) is 34.0. The van der Waals surface area contributed by atoms with Crippen LogP contribution in [0, 0.1) is 17.8 Å². The minimum absolute atomic E-state index is 0.0988. The summed E-state index contributed by atoms with van der Waals surface area (Å²) in [7, 11) is 0. The van der Waals surface area contributed by atoms with E-state index >= 15 is 0 Å². The number of carboxylic acids is 2. The molecule has 0 fully saturated rings. The number of nitrogens with two attached hydrogens (primary N) is 5. The van der Waals surface area contributed by atoms with Gasteiger partial charge in [0.25, 0.3) is 0 Å². The molecule has 10 amide bonds. The number of carbonyl (C=O) groups is 12. The molecule has 0 spiro atoms. The largest absolute Gasteiger partial charge is 0.481 e. The lowest BCUT2D eigenvalue weighted by Crippen LogP contribution is -2.62. The molecular formula is C45H81N13O15. The van der Waals surface area contributed by atoms with Gasteiger partial charge in [0.15, 0.2) is 6.04 Å². The molecule has 0 saturated carbocycles.